The number of halogens is 1. The number of aromatic nitrogens is 2. The number of carbonyl (C=O) groups excluding carboxylic acids is 1. The summed E-state index contributed by atoms with van der Waals surface area (Å²) in [6.07, 6.45) is 0. The average Bonchev–Trinajstić information content (AvgIpc) is 2.64. The summed E-state index contributed by atoms with van der Waals surface area (Å²) < 4.78 is 7.29. The number of amides is 1. The maximum absolute atomic E-state index is 12.7. The predicted molar refractivity (Wildman–Crippen MR) is 103 cm³/mol. The summed E-state index contributed by atoms with van der Waals surface area (Å²) in [6.45, 7) is 1.87. The number of nitrogens with zero attached hydrogens (tertiary/aromatic N) is 2. The zero-order valence-electron chi connectivity index (χ0n) is 14.2. The molecule has 3 rings (SSSR count). The van der Waals surface area contributed by atoms with Gasteiger partial charge in [0.25, 0.3) is 11.5 Å². The molecule has 1 N–H and O–H groups in total. The first kappa shape index (κ1) is 17.9. The summed E-state index contributed by atoms with van der Waals surface area (Å²) in [4.78, 5) is 25.1. The molecule has 0 atom stereocenters. The minimum absolute atomic E-state index is 0.0262. The van der Waals surface area contributed by atoms with Crippen molar-refractivity contribution in [1.82, 2.24) is 9.78 Å². The monoisotopic (exact) mass is 413 g/mol. The second kappa shape index (κ2) is 7.53. The molecule has 0 spiro atoms. The molecule has 1 aromatic heterocycles. The summed E-state index contributed by atoms with van der Waals surface area (Å²) in [6, 6.07) is 15.7. The predicted octanol–water partition coefficient (Wildman–Crippen LogP) is 3.56. The maximum Gasteiger partial charge on any atom is 0.279 e. The number of nitrogens with one attached hydrogen (secondary N) is 1. The fraction of sp³-hybridized carbons (Fsp3) is 0.105. The van der Waals surface area contributed by atoms with Crippen molar-refractivity contribution in [2.75, 3.05) is 12.4 Å². The van der Waals surface area contributed by atoms with Gasteiger partial charge in [-0.3, -0.25) is 9.59 Å². The number of carbonyl (C=O) groups is 1. The second-order valence-electron chi connectivity index (χ2n) is 5.56. The summed E-state index contributed by atoms with van der Waals surface area (Å²) >= 11 is 3.35. The normalized spacial score (nSPS) is 10.4. The molecule has 0 saturated heterocycles. The highest BCUT2D eigenvalue weighted by Crippen LogP contribution is 2.19. The van der Waals surface area contributed by atoms with Crippen LogP contribution in [0.1, 0.15) is 16.1 Å². The molecule has 1 heterocycles. The van der Waals surface area contributed by atoms with Crippen LogP contribution in [0.25, 0.3) is 5.69 Å². The van der Waals surface area contributed by atoms with Crippen molar-refractivity contribution >= 4 is 27.5 Å². The van der Waals surface area contributed by atoms with E-state index in [-0.39, 0.29) is 17.0 Å². The van der Waals surface area contributed by atoms with Crippen LogP contribution in [0.2, 0.25) is 0 Å². The lowest BCUT2D eigenvalue weighted by atomic mass is 10.2. The number of hydrogen-bond donors (Lipinski definition) is 1. The summed E-state index contributed by atoms with van der Waals surface area (Å²) in [7, 11) is 1.39. The Balaban J connectivity index is 2.04. The number of benzene rings is 2. The largest absolute Gasteiger partial charge is 0.494 e. The SMILES string of the molecule is COc1cc(=O)n(-c2ccccc2C)nc1C(=O)Nc1ccc(Br)cc1. The smallest absolute Gasteiger partial charge is 0.279 e. The molecule has 26 heavy (non-hydrogen) atoms. The van der Waals surface area contributed by atoms with Crippen LogP contribution in [0.3, 0.4) is 0 Å². The fourth-order valence-electron chi connectivity index (χ4n) is 2.45. The first-order valence-corrected chi connectivity index (χ1v) is 8.60. The lowest BCUT2D eigenvalue weighted by Crippen LogP contribution is -2.26. The third-order valence-electron chi connectivity index (χ3n) is 3.78. The van der Waals surface area contributed by atoms with E-state index in [2.05, 4.69) is 26.3 Å². The molecule has 0 saturated carbocycles. The molecule has 0 aliphatic rings. The summed E-state index contributed by atoms with van der Waals surface area (Å²) in [5, 5.41) is 7.00. The van der Waals surface area contributed by atoms with Crippen molar-refractivity contribution in [3.8, 4) is 11.4 Å². The van der Waals surface area contributed by atoms with Crippen molar-refractivity contribution < 1.29 is 9.53 Å². The van der Waals surface area contributed by atoms with Crippen LogP contribution in [0.15, 0.2) is 63.9 Å². The van der Waals surface area contributed by atoms with Crippen LogP contribution in [0, 0.1) is 6.92 Å². The van der Waals surface area contributed by atoms with Gasteiger partial charge in [0.05, 0.1) is 18.9 Å². The van der Waals surface area contributed by atoms with Crippen LogP contribution >= 0.6 is 15.9 Å². The number of ether oxygens (including phenoxy) is 1. The Morgan fingerprint density at radius 2 is 1.85 bits per heavy atom. The van der Waals surface area contributed by atoms with E-state index in [0.717, 1.165) is 10.0 Å². The molecular formula is C19H16BrN3O3. The quantitative estimate of drug-likeness (QED) is 0.709. The van der Waals surface area contributed by atoms with E-state index < -0.39 is 5.91 Å². The highest BCUT2D eigenvalue weighted by molar-refractivity contribution is 9.10. The fourth-order valence-corrected chi connectivity index (χ4v) is 2.71. The van der Waals surface area contributed by atoms with Gasteiger partial charge in [-0.25, -0.2) is 0 Å². The zero-order valence-corrected chi connectivity index (χ0v) is 15.8. The highest BCUT2D eigenvalue weighted by atomic mass is 79.9. The van der Waals surface area contributed by atoms with Crippen LogP contribution in [-0.4, -0.2) is 22.8 Å². The molecule has 0 aliphatic carbocycles. The van der Waals surface area contributed by atoms with Gasteiger partial charge < -0.3 is 10.1 Å². The van der Waals surface area contributed by atoms with Gasteiger partial charge in [-0.2, -0.15) is 9.78 Å². The summed E-state index contributed by atoms with van der Waals surface area (Å²) in [5.74, 6) is -0.346. The first-order chi connectivity index (χ1) is 12.5. The number of rotatable bonds is 4. The third kappa shape index (κ3) is 3.67. The number of para-hydroxylation sites is 1. The molecule has 0 bridgehead atoms. The molecule has 0 aliphatic heterocycles. The first-order valence-electron chi connectivity index (χ1n) is 7.81. The second-order valence-corrected chi connectivity index (χ2v) is 6.47. The Kier molecular flexibility index (Phi) is 5.18. The Morgan fingerprint density at radius 1 is 1.15 bits per heavy atom. The number of hydrogen-bond acceptors (Lipinski definition) is 4. The number of methoxy groups -OCH3 is 1. The van der Waals surface area contributed by atoms with Crippen molar-refractivity contribution in [1.29, 1.82) is 0 Å². The van der Waals surface area contributed by atoms with Crippen molar-refractivity contribution in [3.05, 3.63) is 80.7 Å². The number of anilines is 1. The van der Waals surface area contributed by atoms with Crippen molar-refractivity contribution in [2.24, 2.45) is 0 Å². The van der Waals surface area contributed by atoms with Gasteiger partial charge >= 0.3 is 0 Å². The summed E-state index contributed by atoms with van der Waals surface area (Å²) in [5.41, 5.74) is 1.73. The van der Waals surface area contributed by atoms with Gasteiger partial charge in [-0.1, -0.05) is 34.1 Å². The average molecular weight is 414 g/mol. The molecule has 1 amide bonds. The molecule has 2 aromatic carbocycles. The Hall–Kier alpha value is -2.93. The van der Waals surface area contributed by atoms with E-state index in [4.69, 9.17) is 4.74 Å². The van der Waals surface area contributed by atoms with Gasteiger partial charge in [0.1, 0.15) is 0 Å². The number of aryl methyl sites for hydroxylation is 1. The standard InChI is InChI=1S/C19H16BrN3O3/c1-12-5-3-4-6-15(12)23-17(24)11-16(26-2)18(22-23)19(25)21-14-9-7-13(20)8-10-14/h3-11H,1-2H3,(H,21,25). The lowest BCUT2D eigenvalue weighted by Gasteiger charge is -2.12. The van der Waals surface area contributed by atoms with Crippen LogP contribution in [0.5, 0.6) is 5.75 Å². The zero-order chi connectivity index (χ0) is 18.7. The molecule has 3 aromatic rings. The maximum atomic E-state index is 12.7. The highest BCUT2D eigenvalue weighted by Gasteiger charge is 2.18. The molecule has 0 radical (unpaired) electrons. The Morgan fingerprint density at radius 3 is 2.50 bits per heavy atom. The molecule has 0 unspecified atom stereocenters. The topological polar surface area (TPSA) is 73.2 Å². The van der Waals surface area contributed by atoms with E-state index in [1.54, 1.807) is 18.2 Å². The van der Waals surface area contributed by atoms with Crippen LogP contribution in [-0.2, 0) is 0 Å². The van der Waals surface area contributed by atoms with Crippen molar-refractivity contribution in [2.45, 2.75) is 6.92 Å². The van der Waals surface area contributed by atoms with E-state index in [9.17, 15) is 9.59 Å². The van der Waals surface area contributed by atoms with Gasteiger partial charge in [-0.15, -0.1) is 0 Å². The van der Waals surface area contributed by atoms with Crippen LogP contribution in [0.4, 0.5) is 5.69 Å². The van der Waals surface area contributed by atoms with Crippen LogP contribution < -0.4 is 15.6 Å². The van der Waals surface area contributed by atoms with Gasteiger partial charge in [0, 0.05) is 10.2 Å². The molecule has 132 valence electrons. The van der Waals surface area contributed by atoms with E-state index in [1.807, 2.05) is 37.3 Å². The third-order valence-corrected chi connectivity index (χ3v) is 4.31. The molecule has 7 heteroatoms. The minimum Gasteiger partial charge on any atom is -0.494 e. The lowest BCUT2D eigenvalue weighted by molar-refractivity contribution is 0.101. The van der Waals surface area contributed by atoms with E-state index >= 15 is 0 Å². The van der Waals surface area contributed by atoms with Gasteiger partial charge in [0.15, 0.2) is 11.4 Å². The van der Waals surface area contributed by atoms with Gasteiger partial charge in [0.2, 0.25) is 0 Å². The van der Waals surface area contributed by atoms with E-state index in [1.165, 1.54) is 17.9 Å². The minimum atomic E-state index is -0.466. The molecule has 6 nitrogen and oxygen atoms in total. The molecule has 0 fully saturated rings. The van der Waals surface area contributed by atoms with Crippen molar-refractivity contribution in [3.63, 3.8) is 0 Å². The van der Waals surface area contributed by atoms with E-state index in [0.29, 0.717) is 11.4 Å². The molecular weight excluding hydrogens is 398 g/mol. The van der Waals surface area contributed by atoms with Gasteiger partial charge in [-0.05, 0) is 42.8 Å². The Labute approximate surface area is 158 Å². The Bertz CT molecular complexity index is 1010.